The van der Waals surface area contributed by atoms with Crippen molar-refractivity contribution in [1.29, 1.82) is 0 Å². The number of unbranched alkanes of at least 4 members (excludes halogenated alkanes) is 2. The Morgan fingerprint density at radius 2 is 2.07 bits per heavy atom. The second kappa shape index (κ2) is 10.8. The zero-order valence-electron chi connectivity index (χ0n) is 17.3. The molecule has 1 heterocycles. The van der Waals surface area contributed by atoms with E-state index >= 15 is 0 Å². The van der Waals surface area contributed by atoms with Gasteiger partial charge in [0.15, 0.2) is 5.96 Å². The van der Waals surface area contributed by atoms with E-state index in [2.05, 4.69) is 63.5 Å². The molecule has 1 unspecified atom stereocenters. The largest absolute Gasteiger partial charge is 0.355 e. The van der Waals surface area contributed by atoms with Crippen LogP contribution in [0, 0.1) is 0 Å². The first-order chi connectivity index (χ1) is 13.8. The molecule has 0 spiro atoms. The van der Waals surface area contributed by atoms with Crippen LogP contribution in [0.3, 0.4) is 0 Å². The zero-order valence-corrected chi connectivity index (χ0v) is 17.3. The zero-order chi connectivity index (χ0) is 19.6. The summed E-state index contributed by atoms with van der Waals surface area (Å²) in [5, 5.41) is 15.4. The smallest absolute Gasteiger partial charge is 0.191 e. The molecule has 0 saturated carbocycles. The van der Waals surface area contributed by atoms with E-state index in [4.69, 9.17) is 4.99 Å². The normalized spacial score (nSPS) is 16.6. The molecule has 0 radical (unpaired) electrons. The minimum Gasteiger partial charge on any atom is -0.355 e. The second-order valence-corrected chi connectivity index (χ2v) is 7.51. The van der Waals surface area contributed by atoms with E-state index in [0.717, 1.165) is 63.5 Å². The molecule has 2 aromatic rings. The maximum atomic E-state index is 4.83. The van der Waals surface area contributed by atoms with Crippen molar-refractivity contribution in [2.45, 2.75) is 71.4 Å². The summed E-state index contributed by atoms with van der Waals surface area (Å²) in [6, 6.07) is 9.24. The van der Waals surface area contributed by atoms with Crippen LogP contribution in [-0.2, 0) is 25.8 Å². The van der Waals surface area contributed by atoms with Gasteiger partial charge >= 0.3 is 0 Å². The van der Waals surface area contributed by atoms with Crippen LogP contribution in [0.5, 0.6) is 0 Å². The van der Waals surface area contributed by atoms with Crippen molar-refractivity contribution in [3.8, 4) is 0 Å². The Kier molecular flexibility index (Phi) is 7.88. The number of guanidine groups is 1. The van der Waals surface area contributed by atoms with Crippen molar-refractivity contribution >= 4 is 5.96 Å². The molecule has 28 heavy (non-hydrogen) atoms. The number of benzene rings is 1. The predicted octanol–water partition coefficient (Wildman–Crippen LogP) is 3.12. The molecule has 3 rings (SSSR count). The Labute approximate surface area is 168 Å². The molecule has 1 atom stereocenters. The van der Waals surface area contributed by atoms with E-state index in [1.165, 1.54) is 24.0 Å². The van der Waals surface area contributed by atoms with Crippen LogP contribution in [0.15, 0.2) is 35.6 Å². The van der Waals surface area contributed by atoms with Gasteiger partial charge < -0.3 is 15.2 Å². The molecule has 0 saturated heterocycles. The summed E-state index contributed by atoms with van der Waals surface area (Å²) in [6.45, 7) is 6.87. The van der Waals surface area contributed by atoms with Crippen molar-refractivity contribution in [2.75, 3.05) is 13.1 Å². The third-order valence-electron chi connectivity index (χ3n) is 5.38. The Morgan fingerprint density at radius 3 is 2.89 bits per heavy atom. The molecule has 1 aromatic carbocycles. The van der Waals surface area contributed by atoms with Crippen LogP contribution in [0.4, 0.5) is 0 Å². The Hall–Kier alpha value is -2.37. The summed E-state index contributed by atoms with van der Waals surface area (Å²) < 4.78 is 2.11. The van der Waals surface area contributed by atoms with E-state index in [9.17, 15) is 0 Å². The quantitative estimate of drug-likeness (QED) is 0.397. The van der Waals surface area contributed by atoms with Crippen LogP contribution < -0.4 is 10.6 Å². The van der Waals surface area contributed by atoms with E-state index in [1.54, 1.807) is 0 Å². The summed E-state index contributed by atoms with van der Waals surface area (Å²) in [7, 11) is 0. The van der Waals surface area contributed by atoms with Crippen molar-refractivity contribution in [2.24, 2.45) is 4.99 Å². The third kappa shape index (κ3) is 5.81. The van der Waals surface area contributed by atoms with Crippen LogP contribution in [0.25, 0.3) is 0 Å². The first-order valence-electron chi connectivity index (χ1n) is 10.8. The fourth-order valence-corrected chi connectivity index (χ4v) is 3.75. The van der Waals surface area contributed by atoms with Gasteiger partial charge in [0.05, 0.1) is 0 Å². The van der Waals surface area contributed by atoms with Crippen molar-refractivity contribution in [1.82, 2.24) is 25.4 Å². The van der Waals surface area contributed by atoms with E-state index in [0.29, 0.717) is 6.04 Å². The standard InChI is InChI=1S/C22H34N6/c1-3-5-8-13-23-22(24-14-15-28-17-25-27-21(28)4-2)26-20-12-11-18-9-6-7-10-19(18)16-20/h6-7,9-10,17,20H,3-5,8,11-16H2,1-2H3,(H2,23,24,26). The highest BCUT2D eigenvalue weighted by molar-refractivity contribution is 5.80. The molecule has 152 valence electrons. The number of hydrogen-bond donors (Lipinski definition) is 2. The first-order valence-corrected chi connectivity index (χ1v) is 10.8. The van der Waals surface area contributed by atoms with Gasteiger partial charge in [-0.1, -0.05) is 51.0 Å². The molecule has 6 heteroatoms. The first kappa shape index (κ1) is 20.4. The van der Waals surface area contributed by atoms with Crippen molar-refractivity contribution in [3.63, 3.8) is 0 Å². The summed E-state index contributed by atoms with van der Waals surface area (Å²) in [6.07, 6.45) is 9.66. The average molecular weight is 383 g/mol. The lowest BCUT2D eigenvalue weighted by molar-refractivity contribution is 0.516. The molecule has 0 amide bonds. The molecular weight excluding hydrogens is 348 g/mol. The number of aryl methyl sites for hydroxylation is 2. The number of nitrogens with one attached hydrogen (secondary N) is 2. The van der Waals surface area contributed by atoms with Crippen LogP contribution in [0.2, 0.25) is 0 Å². The monoisotopic (exact) mass is 382 g/mol. The Balaban J connectivity index is 1.55. The van der Waals surface area contributed by atoms with Gasteiger partial charge in [-0.15, -0.1) is 10.2 Å². The van der Waals surface area contributed by atoms with Gasteiger partial charge in [-0.2, -0.15) is 0 Å². The van der Waals surface area contributed by atoms with Gasteiger partial charge in [0.25, 0.3) is 0 Å². The Bertz CT molecular complexity index is 751. The predicted molar refractivity (Wildman–Crippen MR) is 115 cm³/mol. The van der Waals surface area contributed by atoms with Crippen LogP contribution in [-0.4, -0.2) is 39.9 Å². The molecule has 1 aliphatic rings. The van der Waals surface area contributed by atoms with Crippen molar-refractivity contribution < 1.29 is 0 Å². The van der Waals surface area contributed by atoms with Gasteiger partial charge in [-0.3, -0.25) is 4.99 Å². The molecule has 0 fully saturated rings. The van der Waals surface area contributed by atoms with Gasteiger partial charge in [0, 0.05) is 32.1 Å². The highest BCUT2D eigenvalue weighted by Gasteiger charge is 2.19. The SMILES string of the molecule is CCCCCN=C(NCCn1cnnc1CC)NC1CCc2ccccc2C1. The van der Waals surface area contributed by atoms with Gasteiger partial charge in [-0.25, -0.2) is 0 Å². The van der Waals surface area contributed by atoms with Crippen LogP contribution >= 0.6 is 0 Å². The highest BCUT2D eigenvalue weighted by Crippen LogP contribution is 2.20. The fourth-order valence-electron chi connectivity index (χ4n) is 3.75. The molecule has 1 aliphatic carbocycles. The average Bonchev–Trinajstić information content (AvgIpc) is 3.18. The topological polar surface area (TPSA) is 67.1 Å². The number of hydrogen-bond acceptors (Lipinski definition) is 3. The summed E-state index contributed by atoms with van der Waals surface area (Å²) in [5.74, 6) is 1.96. The van der Waals surface area contributed by atoms with Gasteiger partial charge in [0.1, 0.15) is 12.2 Å². The summed E-state index contributed by atoms with van der Waals surface area (Å²) >= 11 is 0. The number of nitrogens with zero attached hydrogens (tertiary/aromatic N) is 4. The number of fused-ring (bicyclic) bond motifs is 1. The lowest BCUT2D eigenvalue weighted by Crippen LogP contribution is -2.46. The van der Waals surface area contributed by atoms with Gasteiger partial charge in [-0.05, 0) is 36.8 Å². The maximum absolute atomic E-state index is 4.83. The summed E-state index contributed by atoms with van der Waals surface area (Å²) in [5.41, 5.74) is 2.96. The molecule has 2 N–H and O–H groups in total. The number of rotatable bonds is 9. The number of aliphatic imine (C=N–C) groups is 1. The van der Waals surface area contributed by atoms with Crippen molar-refractivity contribution in [3.05, 3.63) is 47.5 Å². The highest BCUT2D eigenvalue weighted by atomic mass is 15.3. The molecule has 0 bridgehead atoms. The van der Waals surface area contributed by atoms with Gasteiger partial charge in [0.2, 0.25) is 0 Å². The van der Waals surface area contributed by atoms with E-state index < -0.39 is 0 Å². The van der Waals surface area contributed by atoms with E-state index in [1.807, 2.05) is 6.33 Å². The number of aromatic nitrogens is 3. The minimum absolute atomic E-state index is 0.438. The Morgan fingerprint density at radius 1 is 1.21 bits per heavy atom. The molecule has 6 nitrogen and oxygen atoms in total. The summed E-state index contributed by atoms with van der Waals surface area (Å²) in [4.78, 5) is 4.83. The molecule has 0 aliphatic heterocycles. The lowest BCUT2D eigenvalue weighted by atomic mass is 9.88. The molecule has 1 aromatic heterocycles. The minimum atomic E-state index is 0.438. The molecular formula is C22H34N6. The maximum Gasteiger partial charge on any atom is 0.191 e. The second-order valence-electron chi connectivity index (χ2n) is 7.51. The van der Waals surface area contributed by atoms with Crippen LogP contribution in [0.1, 0.15) is 56.5 Å². The fraction of sp³-hybridized carbons (Fsp3) is 0.591. The third-order valence-corrected chi connectivity index (χ3v) is 5.38. The van der Waals surface area contributed by atoms with E-state index in [-0.39, 0.29) is 0 Å². The lowest BCUT2D eigenvalue weighted by Gasteiger charge is -2.27.